The summed E-state index contributed by atoms with van der Waals surface area (Å²) in [5, 5.41) is 8.49. The molecule has 0 spiro atoms. The second-order valence-electron chi connectivity index (χ2n) is 6.25. The molecule has 3 rings (SSSR count). The van der Waals surface area contributed by atoms with E-state index in [0.717, 1.165) is 16.3 Å². The molecule has 24 heavy (non-hydrogen) atoms. The number of carbonyl (C=O) groups excluding carboxylic acids is 1. The number of hydrogen-bond acceptors (Lipinski definition) is 3. The molecule has 6 heteroatoms. The van der Waals surface area contributed by atoms with Crippen LogP contribution in [-0.2, 0) is 13.6 Å². The molecular formula is C18H22ClN3OS. The van der Waals surface area contributed by atoms with Gasteiger partial charge >= 0.3 is 0 Å². The van der Waals surface area contributed by atoms with Crippen LogP contribution in [0.25, 0.3) is 0 Å². The third kappa shape index (κ3) is 4.14. The van der Waals surface area contributed by atoms with E-state index >= 15 is 0 Å². The maximum atomic E-state index is 12.7. The highest BCUT2D eigenvalue weighted by atomic mass is 35.5. The first-order chi connectivity index (χ1) is 11.5. The monoisotopic (exact) mass is 363 g/mol. The molecule has 1 amide bonds. The van der Waals surface area contributed by atoms with E-state index in [0.29, 0.717) is 22.4 Å². The number of aryl methyl sites for hydroxylation is 2. The van der Waals surface area contributed by atoms with Crippen LogP contribution in [0.3, 0.4) is 0 Å². The van der Waals surface area contributed by atoms with Gasteiger partial charge < -0.3 is 5.32 Å². The highest BCUT2D eigenvalue weighted by Crippen LogP contribution is 2.37. The van der Waals surface area contributed by atoms with Crippen molar-refractivity contribution in [2.45, 2.75) is 49.3 Å². The summed E-state index contributed by atoms with van der Waals surface area (Å²) in [7, 11) is 1.88. The van der Waals surface area contributed by atoms with Crippen LogP contribution in [0.1, 0.15) is 47.4 Å². The number of carbonyl (C=O) groups is 1. The Morgan fingerprint density at radius 3 is 2.79 bits per heavy atom. The molecule has 0 unspecified atom stereocenters. The largest absolute Gasteiger partial charge is 0.346 e. The van der Waals surface area contributed by atoms with Gasteiger partial charge in [-0.3, -0.25) is 9.48 Å². The van der Waals surface area contributed by atoms with E-state index in [1.54, 1.807) is 22.5 Å². The Labute approximate surface area is 152 Å². The summed E-state index contributed by atoms with van der Waals surface area (Å²) in [6, 6.07) is 7.57. The molecule has 1 N–H and O–H groups in total. The number of hydrogen-bond donors (Lipinski definition) is 1. The van der Waals surface area contributed by atoms with Crippen molar-refractivity contribution in [3.05, 3.63) is 46.2 Å². The molecule has 1 aliphatic rings. The summed E-state index contributed by atoms with van der Waals surface area (Å²) in [5.74, 6) is -0.0863. The van der Waals surface area contributed by atoms with Crippen molar-refractivity contribution in [2.75, 3.05) is 0 Å². The number of halogens is 1. The second-order valence-corrected chi connectivity index (χ2v) is 8.03. The van der Waals surface area contributed by atoms with Crippen molar-refractivity contribution in [1.82, 2.24) is 15.1 Å². The van der Waals surface area contributed by atoms with Gasteiger partial charge in [0.05, 0.1) is 23.5 Å². The van der Waals surface area contributed by atoms with Crippen molar-refractivity contribution in [1.29, 1.82) is 0 Å². The SMILES string of the molecule is Cc1cc(CNC(=O)c2cc(Cl)ccc2SC2CCCC2)n(C)n1. The van der Waals surface area contributed by atoms with Gasteiger partial charge in [-0.1, -0.05) is 24.4 Å². The van der Waals surface area contributed by atoms with Gasteiger partial charge in [-0.05, 0) is 44.0 Å². The fraction of sp³-hybridized carbons (Fsp3) is 0.444. The average Bonchev–Trinajstić information content (AvgIpc) is 3.16. The number of rotatable bonds is 5. The van der Waals surface area contributed by atoms with Crippen molar-refractivity contribution >= 4 is 29.3 Å². The van der Waals surface area contributed by atoms with E-state index in [4.69, 9.17) is 11.6 Å². The molecule has 1 saturated carbocycles. The highest BCUT2D eigenvalue weighted by Gasteiger charge is 2.20. The molecule has 1 aliphatic carbocycles. The normalized spacial score (nSPS) is 15.0. The Balaban J connectivity index is 1.72. The van der Waals surface area contributed by atoms with Crippen molar-refractivity contribution in [3.8, 4) is 0 Å². The van der Waals surface area contributed by atoms with Gasteiger partial charge in [0.2, 0.25) is 0 Å². The van der Waals surface area contributed by atoms with Crippen LogP contribution in [0.15, 0.2) is 29.2 Å². The Morgan fingerprint density at radius 1 is 1.38 bits per heavy atom. The third-order valence-corrected chi connectivity index (χ3v) is 5.96. The van der Waals surface area contributed by atoms with Crippen molar-refractivity contribution < 1.29 is 4.79 Å². The topological polar surface area (TPSA) is 46.9 Å². The summed E-state index contributed by atoms with van der Waals surface area (Å²) in [6.07, 6.45) is 5.02. The van der Waals surface area contributed by atoms with E-state index in [2.05, 4.69) is 10.4 Å². The number of nitrogens with one attached hydrogen (secondary N) is 1. The molecule has 0 aliphatic heterocycles. The van der Waals surface area contributed by atoms with Crippen LogP contribution in [0, 0.1) is 6.92 Å². The van der Waals surface area contributed by atoms with Gasteiger partial charge in [0.1, 0.15) is 0 Å². The van der Waals surface area contributed by atoms with Gasteiger partial charge in [0.25, 0.3) is 5.91 Å². The maximum absolute atomic E-state index is 12.7. The lowest BCUT2D eigenvalue weighted by Crippen LogP contribution is -2.24. The van der Waals surface area contributed by atoms with Gasteiger partial charge in [0.15, 0.2) is 0 Å². The molecule has 2 aromatic rings. The highest BCUT2D eigenvalue weighted by molar-refractivity contribution is 8.00. The predicted octanol–water partition coefficient (Wildman–Crippen LogP) is 4.35. The predicted molar refractivity (Wildman–Crippen MR) is 98.7 cm³/mol. The molecule has 1 aromatic heterocycles. The first kappa shape index (κ1) is 17.4. The van der Waals surface area contributed by atoms with E-state index in [-0.39, 0.29) is 5.91 Å². The first-order valence-electron chi connectivity index (χ1n) is 8.27. The fourth-order valence-corrected chi connectivity index (χ4v) is 4.59. The molecule has 0 radical (unpaired) electrons. The fourth-order valence-electron chi connectivity index (χ4n) is 3.06. The van der Waals surface area contributed by atoms with E-state index < -0.39 is 0 Å². The number of aromatic nitrogens is 2. The van der Waals surface area contributed by atoms with Gasteiger partial charge in [-0.2, -0.15) is 5.10 Å². The summed E-state index contributed by atoms with van der Waals surface area (Å²) >= 11 is 7.93. The van der Waals surface area contributed by atoms with E-state index in [1.807, 2.05) is 32.2 Å². The minimum atomic E-state index is -0.0863. The number of nitrogens with zero attached hydrogens (tertiary/aromatic N) is 2. The lowest BCUT2D eigenvalue weighted by molar-refractivity contribution is 0.0947. The van der Waals surface area contributed by atoms with Crippen LogP contribution in [0.4, 0.5) is 0 Å². The Morgan fingerprint density at radius 2 is 2.12 bits per heavy atom. The molecule has 1 heterocycles. The Kier molecular flexibility index (Phi) is 5.51. The van der Waals surface area contributed by atoms with Gasteiger partial charge in [-0.15, -0.1) is 11.8 Å². The van der Waals surface area contributed by atoms with Crippen LogP contribution in [0.2, 0.25) is 5.02 Å². The summed E-state index contributed by atoms with van der Waals surface area (Å²) in [5.41, 5.74) is 2.59. The molecule has 128 valence electrons. The van der Waals surface area contributed by atoms with Crippen LogP contribution in [0.5, 0.6) is 0 Å². The minimum absolute atomic E-state index is 0.0863. The molecule has 0 bridgehead atoms. The molecule has 4 nitrogen and oxygen atoms in total. The van der Waals surface area contributed by atoms with Crippen molar-refractivity contribution in [2.24, 2.45) is 7.05 Å². The van der Waals surface area contributed by atoms with Crippen LogP contribution < -0.4 is 5.32 Å². The summed E-state index contributed by atoms with van der Waals surface area (Å²) in [6.45, 7) is 2.40. The molecule has 0 saturated heterocycles. The number of benzene rings is 1. The number of thioether (sulfide) groups is 1. The smallest absolute Gasteiger partial charge is 0.252 e. The van der Waals surface area contributed by atoms with Crippen molar-refractivity contribution in [3.63, 3.8) is 0 Å². The first-order valence-corrected chi connectivity index (χ1v) is 9.52. The summed E-state index contributed by atoms with van der Waals surface area (Å²) < 4.78 is 1.79. The summed E-state index contributed by atoms with van der Waals surface area (Å²) in [4.78, 5) is 13.7. The minimum Gasteiger partial charge on any atom is -0.346 e. The zero-order valence-corrected chi connectivity index (χ0v) is 15.6. The molecule has 0 atom stereocenters. The zero-order chi connectivity index (χ0) is 17.1. The average molecular weight is 364 g/mol. The maximum Gasteiger partial charge on any atom is 0.252 e. The number of amides is 1. The lowest BCUT2D eigenvalue weighted by Gasteiger charge is -2.14. The van der Waals surface area contributed by atoms with Gasteiger partial charge in [-0.25, -0.2) is 0 Å². The standard InChI is InChI=1S/C18H22ClN3OS/c1-12-9-14(22(2)21-12)11-20-18(23)16-10-13(19)7-8-17(16)24-15-5-3-4-6-15/h7-10,15H,3-6,11H2,1-2H3,(H,20,23). The van der Waals surface area contributed by atoms with Crippen LogP contribution in [-0.4, -0.2) is 20.9 Å². The van der Waals surface area contributed by atoms with E-state index in [1.165, 1.54) is 25.7 Å². The molecule has 1 fully saturated rings. The molecular weight excluding hydrogens is 342 g/mol. The quantitative estimate of drug-likeness (QED) is 0.859. The van der Waals surface area contributed by atoms with Crippen LogP contribution >= 0.6 is 23.4 Å². The Hall–Kier alpha value is -1.46. The van der Waals surface area contributed by atoms with Gasteiger partial charge in [0, 0.05) is 22.2 Å². The molecule has 1 aromatic carbocycles. The second kappa shape index (κ2) is 7.62. The Bertz CT molecular complexity index is 738. The lowest BCUT2D eigenvalue weighted by atomic mass is 10.2. The third-order valence-electron chi connectivity index (χ3n) is 4.31. The zero-order valence-electron chi connectivity index (χ0n) is 14.0. The van der Waals surface area contributed by atoms with E-state index in [9.17, 15) is 4.79 Å².